The molecule has 0 aromatic heterocycles. The lowest BCUT2D eigenvalue weighted by Gasteiger charge is -2.37. The first-order chi connectivity index (χ1) is 16.2. The Bertz CT molecular complexity index is 1010. The van der Waals surface area contributed by atoms with Crippen molar-refractivity contribution in [1.82, 2.24) is 4.90 Å². The molecule has 1 aromatic carbocycles. The molecule has 184 valence electrons. The van der Waals surface area contributed by atoms with Crippen molar-refractivity contribution in [2.75, 3.05) is 31.2 Å². The molecule has 1 spiro atoms. The van der Waals surface area contributed by atoms with Crippen LogP contribution in [0.15, 0.2) is 30.9 Å². The van der Waals surface area contributed by atoms with Gasteiger partial charge in [0.25, 0.3) is 5.91 Å². The first-order valence-electron chi connectivity index (χ1n) is 11.6. The fourth-order valence-corrected chi connectivity index (χ4v) is 8.84. The van der Waals surface area contributed by atoms with Crippen LogP contribution in [0.2, 0.25) is 5.02 Å². The van der Waals surface area contributed by atoms with E-state index >= 15 is 0 Å². The zero-order valence-corrected chi connectivity index (χ0v) is 21.3. The fraction of sp³-hybridized carbons (Fsp3) is 0.560. The number of amides is 2. The van der Waals surface area contributed by atoms with E-state index in [1.54, 1.807) is 35.7 Å². The van der Waals surface area contributed by atoms with Crippen molar-refractivity contribution >= 4 is 46.8 Å². The Morgan fingerprint density at radius 2 is 2.15 bits per heavy atom. The van der Waals surface area contributed by atoms with E-state index in [0.29, 0.717) is 23.6 Å². The number of ether oxygens (including phenoxy) is 1. The van der Waals surface area contributed by atoms with Crippen molar-refractivity contribution in [2.45, 2.75) is 49.1 Å². The Kier molecular flexibility index (Phi) is 6.79. The monoisotopic (exact) mass is 506 g/mol. The van der Waals surface area contributed by atoms with Crippen LogP contribution in [0.3, 0.4) is 0 Å². The Morgan fingerprint density at radius 1 is 1.41 bits per heavy atom. The van der Waals surface area contributed by atoms with Crippen LogP contribution < -0.4 is 4.90 Å². The topological polar surface area (TPSA) is 87.2 Å². The largest absolute Gasteiger partial charge is 0.466 e. The number of esters is 1. The predicted octanol–water partition coefficient (Wildman–Crippen LogP) is 3.20. The van der Waals surface area contributed by atoms with E-state index in [0.717, 1.165) is 5.56 Å². The van der Waals surface area contributed by atoms with Crippen LogP contribution in [-0.4, -0.2) is 69.6 Å². The van der Waals surface area contributed by atoms with Gasteiger partial charge in [-0.2, -0.15) is 0 Å². The summed E-state index contributed by atoms with van der Waals surface area (Å²) in [4.78, 5) is 44.2. The average molecular weight is 507 g/mol. The number of anilines is 1. The highest BCUT2D eigenvalue weighted by atomic mass is 35.5. The molecule has 2 amide bonds. The number of carbonyl (C=O) groups excluding carboxylic acids is 3. The smallest absolute Gasteiger partial charge is 0.311 e. The number of aliphatic hydroxyl groups is 1. The van der Waals surface area contributed by atoms with Crippen molar-refractivity contribution in [1.29, 1.82) is 0 Å². The van der Waals surface area contributed by atoms with E-state index in [1.807, 2.05) is 26.0 Å². The van der Waals surface area contributed by atoms with Gasteiger partial charge in [-0.25, -0.2) is 0 Å². The molecule has 3 fully saturated rings. The first-order valence-corrected chi connectivity index (χ1v) is 12.8. The predicted molar refractivity (Wildman–Crippen MR) is 133 cm³/mol. The van der Waals surface area contributed by atoms with Crippen LogP contribution in [-0.2, 0) is 19.1 Å². The van der Waals surface area contributed by atoms with Gasteiger partial charge in [-0.15, -0.1) is 18.3 Å². The number of benzene rings is 1. The number of rotatable bonds is 8. The van der Waals surface area contributed by atoms with E-state index in [-0.39, 0.29) is 44.1 Å². The summed E-state index contributed by atoms with van der Waals surface area (Å²) in [6, 6.07) is 4.60. The number of β-amino-alcohol motifs (C(OH)–C–C–N with tert-alkyl or cyclic N) is 1. The number of carbonyl (C=O) groups is 3. The lowest BCUT2D eigenvalue weighted by molar-refractivity contribution is -0.155. The highest BCUT2D eigenvalue weighted by Gasteiger charge is 2.77. The maximum absolute atomic E-state index is 14.3. The molecule has 2 bridgehead atoms. The van der Waals surface area contributed by atoms with Gasteiger partial charge in [0, 0.05) is 17.8 Å². The molecule has 34 heavy (non-hydrogen) atoms. The Labute approximate surface area is 209 Å². The quantitative estimate of drug-likeness (QED) is 0.430. The zero-order chi connectivity index (χ0) is 24.8. The van der Waals surface area contributed by atoms with E-state index in [4.69, 9.17) is 16.3 Å². The maximum atomic E-state index is 14.3. The van der Waals surface area contributed by atoms with E-state index < -0.39 is 27.4 Å². The molecule has 3 aliphatic heterocycles. The van der Waals surface area contributed by atoms with Crippen LogP contribution in [0.1, 0.15) is 32.3 Å². The Balaban J connectivity index is 1.83. The van der Waals surface area contributed by atoms with Crippen molar-refractivity contribution in [3.05, 3.63) is 41.4 Å². The number of hydrogen-bond donors (Lipinski definition) is 1. The van der Waals surface area contributed by atoms with Crippen molar-refractivity contribution in [3.8, 4) is 0 Å². The van der Waals surface area contributed by atoms with Gasteiger partial charge in [0.1, 0.15) is 6.04 Å². The zero-order valence-electron chi connectivity index (χ0n) is 19.8. The molecule has 1 aromatic rings. The minimum absolute atomic E-state index is 0.0176. The van der Waals surface area contributed by atoms with E-state index in [9.17, 15) is 19.5 Å². The number of thioether (sulfide) groups is 1. The van der Waals surface area contributed by atoms with Gasteiger partial charge in [-0.05, 0) is 45.2 Å². The fourth-order valence-electron chi connectivity index (χ4n) is 6.18. The van der Waals surface area contributed by atoms with Crippen molar-refractivity contribution in [3.63, 3.8) is 0 Å². The number of aliphatic hydroxyl groups excluding tert-OH is 1. The van der Waals surface area contributed by atoms with Crippen LogP contribution in [0.5, 0.6) is 0 Å². The minimum Gasteiger partial charge on any atom is -0.466 e. The summed E-state index contributed by atoms with van der Waals surface area (Å²) in [5.41, 5.74) is 1.41. The molecular weight excluding hydrogens is 476 g/mol. The standard InChI is InChI=1S/C25H31ClN2O5S/c1-5-12-27(19-15(3)8-7-9-16(19)26)22(31)20-25-11-10-24(4,34-25)18(23(32)33-6-2)17(25)21(30)28(20)13-14-29/h5,7-9,17-18,20,29H,1,6,10-14H2,2-4H3/t17-,18-,20?,24+,25?/m0/s1. The summed E-state index contributed by atoms with van der Waals surface area (Å²) in [7, 11) is 0. The highest BCUT2D eigenvalue weighted by molar-refractivity contribution is 8.02. The number of fused-ring (bicyclic) bond motifs is 1. The SMILES string of the molecule is C=CCN(C(=O)C1N(CCO)C(=O)[C@@H]2[C@@H](C(=O)OCC)[C@@]3(C)CCC12S3)c1c(C)cccc1Cl. The number of halogens is 1. The minimum atomic E-state index is -0.834. The highest BCUT2D eigenvalue weighted by Crippen LogP contribution is 2.71. The van der Waals surface area contributed by atoms with Gasteiger partial charge in [0.05, 0.1) is 40.5 Å². The summed E-state index contributed by atoms with van der Waals surface area (Å²) >= 11 is 8.10. The number of likely N-dealkylation sites (tertiary alicyclic amines) is 1. The first kappa shape index (κ1) is 25.1. The molecule has 0 radical (unpaired) electrons. The van der Waals surface area contributed by atoms with E-state index in [2.05, 4.69) is 6.58 Å². The van der Waals surface area contributed by atoms with Crippen LogP contribution in [0.4, 0.5) is 5.69 Å². The lowest BCUT2D eigenvalue weighted by atomic mass is 9.66. The second-order valence-corrected chi connectivity index (χ2v) is 11.7. The molecule has 4 rings (SSSR count). The van der Waals surface area contributed by atoms with Crippen molar-refractivity contribution in [2.24, 2.45) is 11.8 Å². The molecule has 0 aliphatic carbocycles. The molecule has 3 heterocycles. The summed E-state index contributed by atoms with van der Waals surface area (Å²) in [5, 5.41) is 10.2. The van der Waals surface area contributed by atoms with E-state index in [1.165, 1.54) is 4.90 Å². The third-order valence-corrected chi connectivity index (χ3v) is 9.72. The molecule has 3 aliphatic rings. The normalized spacial score (nSPS) is 31.5. The average Bonchev–Trinajstić information content (AvgIpc) is 3.34. The number of para-hydroxylation sites is 1. The maximum Gasteiger partial charge on any atom is 0.311 e. The third-order valence-electron chi connectivity index (χ3n) is 7.43. The molecule has 2 unspecified atom stereocenters. The van der Waals surface area contributed by atoms with Crippen LogP contribution in [0, 0.1) is 18.8 Å². The molecule has 9 heteroatoms. The van der Waals surface area contributed by atoms with Gasteiger partial charge in [-0.1, -0.05) is 29.8 Å². The number of hydrogen-bond acceptors (Lipinski definition) is 6. The molecule has 0 saturated carbocycles. The van der Waals surface area contributed by atoms with Gasteiger partial charge in [0.15, 0.2) is 0 Å². The molecule has 7 nitrogen and oxygen atoms in total. The van der Waals surface area contributed by atoms with Gasteiger partial charge in [-0.3, -0.25) is 14.4 Å². The molecular formula is C25H31ClN2O5S. The second kappa shape index (κ2) is 9.21. The van der Waals surface area contributed by atoms with Gasteiger partial charge >= 0.3 is 5.97 Å². The van der Waals surface area contributed by atoms with Crippen molar-refractivity contribution < 1.29 is 24.2 Å². The summed E-state index contributed by atoms with van der Waals surface area (Å²) in [5.74, 6) is -2.24. The molecule has 5 atom stereocenters. The summed E-state index contributed by atoms with van der Waals surface area (Å²) in [6.45, 7) is 9.62. The van der Waals surface area contributed by atoms with Crippen LogP contribution >= 0.6 is 23.4 Å². The number of nitrogens with zero attached hydrogens (tertiary/aromatic N) is 2. The molecule has 1 N–H and O–H groups in total. The lowest BCUT2D eigenvalue weighted by Crippen LogP contribution is -2.55. The van der Waals surface area contributed by atoms with Crippen LogP contribution in [0.25, 0.3) is 0 Å². The summed E-state index contributed by atoms with van der Waals surface area (Å²) < 4.78 is 4.12. The summed E-state index contributed by atoms with van der Waals surface area (Å²) in [6.07, 6.45) is 2.96. The van der Waals surface area contributed by atoms with Gasteiger partial charge < -0.3 is 19.6 Å². The number of aryl methyl sites for hydroxylation is 1. The van der Waals surface area contributed by atoms with Gasteiger partial charge in [0.2, 0.25) is 5.91 Å². The molecule has 3 saturated heterocycles. The Hall–Kier alpha value is -2.03. The third kappa shape index (κ3) is 3.57. The second-order valence-electron chi connectivity index (χ2n) is 9.38. The Morgan fingerprint density at radius 3 is 2.76 bits per heavy atom.